The minimum atomic E-state index is -4.59. The largest absolute Gasteiger partial charge is 0.418 e. The molecule has 1 saturated heterocycles. The lowest BCUT2D eigenvalue weighted by molar-refractivity contribution is -0.138. The first-order chi connectivity index (χ1) is 18.1. The Kier molecular flexibility index (Phi) is 7.19. The molecule has 0 atom stereocenters. The molecule has 198 valence electrons. The maximum atomic E-state index is 13.6. The summed E-state index contributed by atoms with van der Waals surface area (Å²) in [5.74, 6) is 1.22. The van der Waals surface area contributed by atoms with Gasteiger partial charge in [0.05, 0.1) is 28.1 Å². The predicted molar refractivity (Wildman–Crippen MR) is 135 cm³/mol. The third kappa shape index (κ3) is 5.86. The maximum Gasteiger partial charge on any atom is 0.418 e. The third-order valence-electron chi connectivity index (χ3n) is 6.05. The number of halogens is 6. The molecular formula is C26H21F6N5S. The number of hydrogen-bond donors (Lipinski definition) is 1. The first-order valence-electron chi connectivity index (χ1n) is 11.7. The molecule has 1 N–H and O–H groups in total. The van der Waals surface area contributed by atoms with Gasteiger partial charge < -0.3 is 5.32 Å². The van der Waals surface area contributed by atoms with Gasteiger partial charge in [-0.1, -0.05) is 18.0 Å². The first-order valence-corrected chi connectivity index (χ1v) is 12.7. The zero-order valence-electron chi connectivity index (χ0n) is 19.8. The Morgan fingerprint density at radius 3 is 2.29 bits per heavy atom. The summed E-state index contributed by atoms with van der Waals surface area (Å²) < 4.78 is 82.0. The molecule has 1 aliphatic heterocycles. The van der Waals surface area contributed by atoms with Crippen molar-refractivity contribution >= 4 is 34.4 Å². The normalized spacial score (nSPS) is 14.8. The first kappa shape index (κ1) is 26.2. The molecule has 2 aromatic carbocycles. The van der Waals surface area contributed by atoms with Gasteiger partial charge in [0.25, 0.3) is 0 Å². The molecular weight excluding hydrogens is 528 g/mol. The summed E-state index contributed by atoms with van der Waals surface area (Å²) >= 11 is 1.57. The van der Waals surface area contributed by atoms with E-state index in [-0.39, 0.29) is 11.3 Å². The Labute approximate surface area is 218 Å². The molecule has 0 unspecified atom stereocenters. The van der Waals surface area contributed by atoms with Crippen molar-refractivity contribution in [3.05, 3.63) is 77.7 Å². The number of anilines is 2. The maximum absolute atomic E-state index is 13.6. The van der Waals surface area contributed by atoms with Gasteiger partial charge >= 0.3 is 12.4 Å². The average Bonchev–Trinajstić information content (AvgIpc) is 3.40. The summed E-state index contributed by atoms with van der Waals surface area (Å²) in [6, 6.07) is 11.3. The lowest BCUT2D eigenvalue weighted by atomic mass is 10.0. The molecule has 0 spiro atoms. The van der Waals surface area contributed by atoms with Gasteiger partial charge in [0.2, 0.25) is 0 Å². The van der Waals surface area contributed by atoms with Crippen LogP contribution in [0.3, 0.4) is 0 Å². The van der Waals surface area contributed by atoms with Crippen LogP contribution in [0.15, 0.2) is 60.8 Å². The van der Waals surface area contributed by atoms with Gasteiger partial charge in [0.15, 0.2) is 0 Å². The van der Waals surface area contributed by atoms with Crippen LogP contribution in [0.4, 0.5) is 37.8 Å². The molecule has 0 amide bonds. The summed E-state index contributed by atoms with van der Waals surface area (Å²) in [6.45, 7) is 1.89. The average molecular weight is 550 g/mol. The Bertz CT molecular complexity index is 1430. The Morgan fingerprint density at radius 2 is 1.61 bits per heavy atom. The number of hydrogen-bond acceptors (Lipinski definition) is 6. The fraction of sp³-hybridized carbons (Fsp3) is 0.269. The highest BCUT2D eigenvalue weighted by Crippen LogP contribution is 2.37. The number of fused-ring (bicyclic) bond motifs is 1. The molecule has 0 radical (unpaired) electrons. The van der Waals surface area contributed by atoms with Gasteiger partial charge in [-0.05, 0) is 61.4 Å². The number of nitrogens with zero attached hydrogens (tertiary/aromatic N) is 4. The van der Waals surface area contributed by atoms with Gasteiger partial charge in [-0.25, -0.2) is 9.97 Å². The number of benzene rings is 2. The number of pyridine rings is 1. The minimum Gasteiger partial charge on any atom is -0.340 e. The van der Waals surface area contributed by atoms with Crippen LogP contribution in [-0.2, 0) is 18.1 Å². The van der Waals surface area contributed by atoms with E-state index in [1.54, 1.807) is 18.0 Å². The van der Waals surface area contributed by atoms with E-state index in [1.807, 2.05) is 0 Å². The molecule has 4 aromatic rings. The van der Waals surface area contributed by atoms with Crippen molar-refractivity contribution < 1.29 is 26.3 Å². The second-order valence-electron chi connectivity index (χ2n) is 8.73. The van der Waals surface area contributed by atoms with Gasteiger partial charge in [-0.2, -0.15) is 26.3 Å². The second kappa shape index (κ2) is 10.4. The molecule has 12 heteroatoms. The fourth-order valence-corrected chi connectivity index (χ4v) is 5.14. The Morgan fingerprint density at radius 1 is 0.868 bits per heavy atom. The highest BCUT2D eigenvalue weighted by atomic mass is 32.2. The van der Waals surface area contributed by atoms with Crippen LogP contribution in [0.1, 0.15) is 29.8 Å². The smallest absolute Gasteiger partial charge is 0.340 e. The zero-order chi connectivity index (χ0) is 26.9. The van der Waals surface area contributed by atoms with Crippen molar-refractivity contribution in [3.8, 4) is 11.3 Å². The SMILES string of the molecule is FC(F)(F)c1ccc(Nc2nc(CSN3CCCC3)nc3cc(-c4ncccc4C(F)(F)F)ccc23)cc1. The highest BCUT2D eigenvalue weighted by molar-refractivity contribution is 7.96. The van der Waals surface area contributed by atoms with Crippen molar-refractivity contribution in [2.75, 3.05) is 18.4 Å². The van der Waals surface area contributed by atoms with E-state index in [4.69, 9.17) is 0 Å². The van der Waals surface area contributed by atoms with Crippen LogP contribution in [-0.4, -0.2) is 32.3 Å². The van der Waals surface area contributed by atoms with Crippen molar-refractivity contribution in [3.63, 3.8) is 0 Å². The van der Waals surface area contributed by atoms with E-state index in [0.717, 1.165) is 44.1 Å². The van der Waals surface area contributed by atoms with Crippen molar-refractivity contribution in [1.29, 1.82) is 0 Å². The van der Waals surface area contributed by atoms with E-state index in [2.05, 4.69) is 24.6 Å². The number of alkyl halides is 6. The van der Waals surface area contributed by atoms with Crippen molar-refractivity contribution in [1.82, 2.24) is 19.3 Å². The van der Waals surface area contributed by atoms with Gasteiger partial charge in [0.1, 0.15) is 11.6 Å². The molecule has 5 rings (SSSR count). The second-order valence-corrected chi connectivity index (χ2v) is 9.79. The van der Waals surface area contributed by atoms with Crippen LogP contribution in [0, 0.1) is 0 Å². The minimum absolute atomic E-state index is 0.217. The lowest BCUT2D eigenvalue weighted by Crippen LogP contribution is -2.11. The van der Waals surface area contributed by atoms with E-state index >= 15 is 0 Å². The van der Waals surface area contributed by atoms with E-state index < -0.39 is 23.5 Å². The molecule has 38 heavy (non-hydrogen) atoms. The van der Waals surface area contributed by atoms with E-state index in [9.17, 15) is 26.3 Å². The fourth-order valence-electron chi connectivity index (χ4n) is 4.19. The quantitative estimate of drug-likeness (QED) is 0.196. The molecule has 5 nitrogen and oxygen atoms in total. The number of nitrogens with one attached hydrogen (secondary N) is 1. The molecule has 1 fully saturated rings. The van der Waals surface area contributed by atoms with Crippen molar-refractivity contribution in [2.45, 2.75) is 30.9 Å². The van der Waals surface area contributed by atoms with E-state index in [0.29, 0.717) is 34.0 Å². The predicted octanol–water partition coefficient (Wildman–Crippen LogP) is 7.72. The monoisotopic (exact) mass is 549 g/mol. The standard InChI is InChI=1S/C26H21F6N5S/c27-25(28,29)17-6-8-18(9-7-17)34-24-19-10-5-16(23-20(26(30,31)32)4-3-11-33-23)14-21(19)35-22(36-24)15-38-37-12-1-2-13-37/h3-11,14H,1-2,12-13,15H2,(H,34,35,36). The molecule has 0 saturated carbocycles. The summed E-state index contributed by atoms with van der Waals surface area (Å²) in [6.07, 6.45) is -5.55. The topological polar surface area (TPSA) is 53.9 Å². The van der Waals surface area contributed by atoms with Crippen LogP contribution >= 0.6 is 11.9 Å². The lowest BCUT2D eigenvalue weighted by Gasteiger charge is -2.16. The van der Waals surface area contributed by atoms with Crippen LogP contribution in [0.25, 0.3) is 22.2 Å². The molecule has 0 bridgehead atoms. The Balaban J connectivity index is 1.54. The molecule has 1 aliphatic rings. The van der Waals surface area contributed by atoms with Crippen LogP contribution in [0.5, 0.6) is 0 Å². The van der Waals surface area contributed by atoms with Crippen LogP contribution < -0.4 is 5.32 Å². The summed E-state index contributed by atoms with van der Waals surface area (Å²) in [7, 11) is 0. The zero-order valence-corrected chi connectivity index (χ0v) is 20.6. The summed E-state index contributed by atoms with van der Waals surface area (Å²) in [5.41, 5.74) is -0.847. The van der Waals surface area contributed by atoms with E-state index in [1.165, 1.54) is 36.5 Å². The van der Waals surface area contributed by atoms with Crippen LogP contribution in [0.2, 0.25) is 0 Å². The molecule has 2 aromatic heterocycles. The molecule has 3 heterocycles. The third-order valence-corrected chi connectivity index (χ3v) is 7.16. The number of rotatable bonds is 6. The summed E-state index contributed by atoms with van der Waals surface area (Å²) in [5, 5.41) is 3.56. The van der Waals surface area contributed by atoms with Gasteiger partial charge in [-0.3, -0.25) is 9.29 Å². The highest BCUT2D eigenvalue weighted by Gasteiger charge is 2.34. The van der Waals surface area contributed by atoms with Gasteiger partial charge in [0, 0.05) is 35.9 Å². The summed E-state index contributed by atoms with van der Waals surface area (Å²) in [4.78, 5) is 13.2. The molecule has 0 aliphatic carbocycles. The Hall–Kier alpha value is -3.38. The van der Waals surface area contributed by atoms with Gasteiger partial charge in [-0.15, -0.1) is 0 Å². The number of aromatic nitrogens is 3. The van der Waals surface area contributed by atoms with Crippen molar-refractivity contribution in [2.24, 2.45) is 0 Å².